The molecular weight excluding hydrogens is 488 g/mol. The van der Waals surface area contributed by atoms with E-state index in [0.717, 1.165) is 12.6 Å². The van der Waals surface area contributed by atoms with Crippen LogP contribution in [0.15, 0.2) is 30.5 Å². The number of carbonyl (C=O) groups is 4. The first kappa shape index (κ1) is 28.2. The molecule has 0 unspecified atom stereocenters. The lowest BCUT2D eigenvalue weighted by atomic mass is 10.1. The molecule has 0 fully saturated rings. The Labute approximate surface area is 210 Å². The molecule has 0 spiro atoms. The van der Waals surface area contributed by atoms with Crippen molar-refractivity contribution in [3.05, 3.63) is 41.7 Å². The van der Waals surface area contributed by atoms with Crippen LogP contribution in [0.2, 0.25) is 0 Å². The van der Waals surface area contributed by atoms with Gasteiger partial charge < -0.3 is 37.0 Å². The summed E-state index contributed by atoms with van der Waals surface area (Å²) in [7, 11) is 1.82. The van der Waals surface area contributed by atoms with Crippen LogP contribution in [0.3, 0.4) is 0 Å². The number of rotatable bonds is 9. The van der Waals surface area contributed by atoms with E-state index >= 15 is 0 Å². The monoisotopic (exact) mass is 514 g/mol. The van der Waals surface area contributed by atoms with E-state index in [9.17, 15) is 19.5 Å². The average Bonchev–Trinajstić information content (AvgIpc) is 2.81. The van der Waals surface area contributed by atoms with Gasteiger partial charge in [0.15, 0.2) is 17.0 Å². The van der Waals surface area contributed by atoms with Crippen molar-refractivity contribution in [1.29, 1.82) is 0 Å². The summed E-state index contributed by atoms with van der Waals surface area (Å²) in [6.07, 6.45) is 0.964. The maximum atomic E-state index is 12.4. The number of nitrogens with two attached hydrogens (primary N) is 2. The summed E-state index contributed by atoms with van der Waals surface area (Å²) in [4.78, 5) is 61.7. The van der Waals surface area contributed by atoms with E-state index in [0.29, 0.717) is 23.4 Å². The van der Waals surface area contributed by atoms with Gasteiger partial charge in [0, 0.05) is 31.6 Å². The van der Waals surface area contributed by atoms with Gasteiger partial charge in [0.05, 0.1) is 18.4 Å². The number of nitrogen functional groups attached to an aromatic ring is 2. The number of carboxylic acid groups (broad SMARTS) is 3. The minimum absolute atomic E-state index is 0.0138. The summed E-state index contributed by atoms with van der Waals surface area (Å²) in [5.41, 5.74) is 13.7. The zero-order valence-corrected chi connectivity index (χ0v) is 20.0. The molecule has 15 heteroatoms. The summed E-state index contributed by atoms with van der Waals surface area (Å²) in [6, 6.07) is 5.16. The number of benzene rings is 1. The quantitative estimate of drug-likeness (QED) is 0.226. The number of carboxylic acids is 3. The summed E-state index contributed by atoms with van der Waals surface area (Å²) in [5, 5.41) is 27.7. The number of hydrogen-bond acceptors (Lipinski definition) is 11. The molecule has 0 aliphatic heterocycles. The minimum Gasteiger partial charge on any atom is -0.481 e. The molecule has 3 aromatic rings. The van der Waals surface area contributed by atoms with Gasteiger partial charge in [-0.3, -0.25) is 14.4 Å². The molecule has 0 saturated carbocycles. The minimum atomic E-state index is -1.30. The number of nitrogens with zero attached hydrogens (tertiary/aromatic N) is 5. The Morgan fingerprint density at radius 1 is 1.03 bits per heavy atom. The summed E-state index contributed by atoms with van der Waals surface area (Å²) >= 11 is 0. The first-order chi connectivity index (χ1) is 17.4. The Balaban J connectivity index is 0.00000112. The largest absolute Gasteiger partial charge is 0.481 e. The van der Waals surface area contributed by atoms with E-state index in [-0.39, 0.29) is 30.2 Å². The zero-order chi connectivity index (χ0) is 27.7. The molecule has 3 rings (SSSR count). The smallest absolute Gasteiger partial charge is 0.326 e. The van der Waals surface area contributed by atoms with Crippen LogP contribution >= 0.6 is 0 Å². The van der Waals surface area contributed by atoms with Gasteiger partial charge in [-0.25, -0.2) is 14.8 Å². The summed E-state index contributed by atoms with van der Waals surface area (Å²) in [5.74, 6) is -3.74. The molecule has 0 aliphatic carbocycles. The highest BCUT2D eigenvalue weighted by atomic mass is 16.4. The molecule has 1 atom stereocenters. The maximum absolute atomic E-state index is 12.4. The van der Waals surface area contributed by atoms with E-state index < -0.39 is 29.9 Å². The van der Waals surface area contributed by atoms with Crippen LogP contribution in [0.25, 0.3) is 11.2 Å². The van der Waals surface area contributed by atoms with Gasteiger partial charge in [-0.2, -0.15) is 9.97 Å². The van der Waals surface area contributed by atoms with Gasteiger partial charge in [-0.15, -0.1) is 0 Å². The van der Waals surface area contributed by atoms with Gasteiger partial charge >= 0.3 is 11.9 Å². The fourth-order valence-corrected chi connectivity index (χ4v) is 3.03. The zero-order valence-electron chi connectivity index (χ0n) is 20.0. The molecule has 1 amide bonds. The van der Waals surface area contributed by atoms with Crippen molar-refractivity contribution in [1.82, 2.24) is 25.3 Å². The number of amides is 1. The summed E-state index contributed by atoms with van der Waals surface area (Å²) in [6.45, 7) is 1.45. The van der Waals surface area contributed by atoms with Gasteiger partial charge in [-0.1, -0.05) is 0 Å². The molecule has 0 bridgehead atoms. The van der Waals surface area contributed by atoms with Crippen molar-refractivity contribution >= 4 is 52.4 Å². The lowest BCUT2D eigenvalue weighted by Gasteiger charge is -2.19. The van der Waals surface area contributed by atoms with E-state index in [1.54, 1.807) is 18.3 Å². The van der Waals surface area contributed by atoms with Gasteiger partial charge in [0.2, 0.25) is 5.95 Å². The van der Waals surface area contributed by atoms with E-state index in [2.05, 4.69) is 25.3 Å². The fourth-order valence-electron chi connectivity index (χ4n) is 3.03. The molecule has 2 aromatic heterocycles. The number of fused-ring (bicyclic) bond motifs is 1. The van der Waals surface area contributed by atoms with Crippen LogP contribution in [-0.4, -0.2) is 72.2 Å². The lowest BCUT2D eigenvalue weighted by Crippen LogP contribution is -2.41. The topological polar surface area (TPSA) is 248 Å². The third kappa shape index (κ3) is 8.57. The molecule has 196 valence electrons. The lowest BCUT2D eigenvalue weighted by molar-refractivity contribution is -0.140. The second-order valence-electron chi connectivity index (χ2n) is 7.72. The third-order valence-electron chi connectivity index (χ3n) is 4.72. The van der Waals surface area contributed by atoms with Gasteiger partial charge in [0.1, 0.15) is 6.04 Å². The predicted molar refractivity (Wildman–Crippen MR) is 132 cm³/mol. The van der Waals surface area contributed by atoms with Crippen molar-refractivity contribution in [2.24, 2.45) is 0 Å². The number of nitrogens with one attached hydrogen (secondary N) is 1. The molecule has 8 N–H and O–H groups in total. The highest BCUT2D eigenvalue weighted by molar-refractivity contribution is 5.97. The molecule has 0 radical (unpaired) electrons. The summed E-state index contributed by atoms with van der Waals surface area (Å²) < 4.78 is 0. The molecule has 0 saturated heterocycles. The Morgan fingerprint density at radius 2 is 1.65 bits per heavy atom. The van der Waals surface area contributed by atoms with Crippen LogP contribution in [0.4, 0.5) is 17.5 Å². The van der Waals surface area contributed by atoms with Gasteiger partial charge in [0.25, 0.3) is 11.9 Å². The number of anilines is 3. The SMILES string of the molecule is CC(=O)O.CN(Cc1cnc2nc(N)nc(N)c2n1)c1ccc(C(=O)N[C@H](CCC(=O)O)C(=O)O)cc1. The number of hydrogen-bond donors (Lipinski definition) is 6. The third-order valence-corrected chi connectivity index (χ3v) is 4.72. The predicted octanol–water partition coefficient (Wildman–Crippen LogP) is 0.359. The van der Waals surface area contributed by atoms with E-state index in [1.807, 2.05) is 11.9 Å². The Hall–Kier alpha value is -5.08. The first-order valence-electron chi connectivity index (χ1n) is 10.7. The average molecular weight is 514 g/mol. The van der Waals surface area contributed by atoms with E-state index in [4.69, 9.17) is 26.5 Å². The van der Waals surface area contributed by atoms with Crippen molar-refractivity contribution in [2.75, 3.05) is 23.4 Å². The van der Waals surface area contributed by atoms with Crippen LogP contribution in [-0.2, 0) is 20.9 Å². The molecule has 15 nitrogen and oxygen atoms in total. The standard InChI is InChI=1S/C20H22N8O5.C2H4O2/c1-28(9-11-8-23-17-15(24-11)16(21)26-20(22)27-17)12-4-2-10(3-5-12)18(31)25-13(19(32)33)6-7-14(29)30;1-2(3)4/h2-5,8,13H,6-7,9H2,1H3,(H,25,31)(H,29,30)(H,32,33)(H4,21,22,23,26,27);1H3,(H,3,4)/t13-;/m1./s1. The first-order valence-corrected chi connectivity index (χ1v) is 10.7. The van der Waals surface area contributed by atoms with Gasteiger partial charge in [-0.05, 0) is 30.7 Å². The molecule has 37 heavy (non-hydrogen) atoms. The Bertz CT molecular complexity index is 1300. The Kier molecular flexibility index (Phi) is 9.57. The normalized spacial score (nSPS) is 11.1. The van der Waals surface area contributed by atoms with Crippen LogP contribution < -0.4 is 21.7 Å². The van der Waals surface area contributed by atoms with Crippen molar-refractivity contribution in [2.45, 2.75) is 32.4 Å². The highest BCUT2D eigenvalue weighted by Crippen LogP contribution is 2.19. The highest BCUT2D eigenvalue weighted by Gasteiger charge is 2.21. The van der Waals surface area contributed by atoms with Crippen molar-refractivity contribution in [3.63, 3.8) is 0 Å². The van der Waals surface area contributed by atoms with Crippen LogP contribution in [0.1, 0.15) is 35.8 Å². The molecular formula is C22H26N8O7. The maximum Gasteiger partial charge on any atom is 0.326 e. The number of aromatic nitrogens is 4. The molecule has 0 aliphatic rings. The molecule has 1 aromatic carbocycles. The molecule has 2 heterocycles. The van der Waals surface area contributed by atoms with Crippen molar-refractivity contribution < 1.29 is 34.5 Å². The number of aliphatic carboxylic acids is 3. The fraction of sp³-hybridized carbons (Fsp3) is 0.273. The Morgan fingerprint density at radius 3 is 2.22 bits per heavy atom. The van der Waals surface area contributed by atoms with Crippen LogP contribution in [0, 0.1) is 0 Å². The second-order valence-corrected chi connectivity index (χ2v) is 7.72. The second kappa shape index (κ2) is 12.6. The van der Waals surface area contributed by atoms with Crippen molar-refractivity contribution in [3.8, 4) is 0 Å². The number of carbonyl (C=O) groups excluding carboxylic acids is 1. The van der Waals surface area contributed by atoms with Crippen LogP contribution in [0.5, 0.6) is 0 Å². The van der Waals surface area contributed by atoms with E-state index in [1.165, 1.54) is 12.1 Å².